The van der Waals surface area contributed by atoms with Crippen molar-refractivity contribution in [3.8, 4) is 5.75 Å². The summed E-state index contributed by atoms with van der Waals surface area (Å²) < 4.78 is 5.75. The summed E-state index contributed by atoms with van der Waals surface area (Å²) in [6, 6.07) is 7.19. The maximum atomic E-state index is 12.6. The first-order chi connectivity index (χ1) is 11.5. The number of hydrogen-bond donors (Lipinski definition) is 1. The standard InChI is InChI=1S/C18H22N2O3S/c1-12-6-7-20(9-17(12)21)18(22)14-4-3-5-16(8-14)23-10-15-11-24-13(2)19-15/h3-5,8,11-12,17,21H,6-7,9-10H2,1-2H3. The number of likely N-dealkylation sites (tertiary alicyclic amines) is 1. The number of aryl methyl sites for hydroxylation is 1. The molecule has 128 valence electrons. The summed E-state index contributed by atoms with van der Waals surface area (Å²) in [5.41, 5.74) is 1.48. The molecule has 1 aliphatic heterocycles. The number of ether oxygens (including phenoxy) is 1. The SMILES string of the molecule is Cc1nc(COc2cccc(C(=O)N3CCC(C)C(O)C3)c2)cs1. The van der Waals surface area contributed by atoms with Gasteiger partial charge >= 0.3 is 0 Å². The molecule has 2 heterocycles. The first-order valence-electron chi connectivity index (χ1n) is 8.14. The van der Waals surface area contributed by atoms with Crippen molar-refractivity contribution in [3.05, 3.63) is 45.9 Å². The van der Waals surface area contributed by atoms with Gasteiger partial charge in [-0.1, -0.05) is 13.0 Å². The average molecular weight is 346 g/mol. The first-order valence-corrected chi connectivity index (χ1v) is 9.02. The van der Waals surface area contributed by atoms with E-state index in [-0.39, 0.29) is 11.8 Å². The van der Waals surface area contributed by atoms with Gasteiger partial charge in [-0.05, 0) is 37.5 Å². The van der Waals surface area contributed by atoms with Crippen LogP contribution in [0, 0.1) is 12.8 Å². The third-order valence-electron chi connectivity index (χ3n) is 4.34. The van der Waals surface area contributed by atoms with Crippen molar-refractivity contribution >= 4 is 17.2 Å². The van der Waals surface area contributed by atoms with E-state index in [2.05, 4.69) is 4.98 Å². The van der Waals surface area contributed by atoms with Gasteiger partial charge in [0.05, 0.1) is 16.8 Å². The Bertz CT molecular complexity index is 716. The van der Waals surface area contributed by atoms with Gasteiger partial charge in [-0.3, -0.25) is 4.79 Å². The number of aliphatic hydroxyl groups excluding tert-OH is 1. The number of amides is 1. The zero-order valence-electron chi connectivity index (χ0n) is 13.9. The van der Waals surface area contributed by atoms with E-state index in [0.29, 0.717) is 31.0 Å². The lowest BCUT2D eigenvalue weighted by molar-refractivity contribution is 0.0248. The van der Waals surface area contributed by atoms with E-state index in [9.17, 15) is 9.90 Å². The largest absolute Gasteiger partial charge is 0.487 e. The van der Waals surface area contributed by atoms with E-state index in [0.717, 1.165) is 17.1 Å². The number of nitrogens with zero attached hydrogens (tertiary/aromatic N) is 2. The minimum Gasteiger partial charge on any atom is -0.487 e. The second-order valence-corrected chi connectivity index (χ2v) is 7.32. The second kappa shape index (κ2) is 7.32. The highest BCUT2D eigenvalue weighted by Crippen LogP contribution is 2.21. The van der Waals surface area contributed by atoms with Crippen molar-refractivity contribution in [1.82, 2.24) is 9.88 Å². The first kappa shape index (κ1) is 16.9. The predicted octanol–water partition coefficient (Wildman–Crippen LogP) is 2.87. The summed E-state index contributed by atoms with van der Waals surface area (Å²) in [6.45, 7) is 5.44. The van der Waals surface area contributed by atoms with Crippen molar-refractivity contribution in [2.45, 2.75) is 33.0 Å². The molecule has 3 rings (SSSR count). The van der Waals surface area contributed by atoms with Gasteiger partial charge in [0.2, 0.25) is 0 Å². The maximum absolute atomic E-state index is 12.6. The Kier molecular flexibility index (Phi) is 5.16. The van der Waals surface area contributed by atoms with Crippen LogP contribution >= 0.6 is 11.3 Å². The molecule has 0 aliphatic carbocycles. The van der Waals surface area contributed by atoms with Crippen LogP contribution in [0.1, 0.15) is 34.4 Å². The number of aliphatic hydroxyl groups is 1. The smallest absolute Gasteiger partial charge is 0.254 e. The molecule has 2 aromatic rings. The number of carbonyl (C=O) groups is 1. The topological polar surface area (TPSA) is 62.7 Å². The molecule has 0 spiro atoms. The Morgan fingerprint density at radius 1 is 1.50 bits per heavy atom. The Hall–Kier alpha value is -1.92. The van der Waals surface area contributed by atoms with Crippen molar-refractivity contribution in [2.24, 2.45) is 5.92 Å². The monoisotopic (exact) mass is 346 g/mol. The molecule has 1 aliphatic rings. The van der Waals surface area contributed by atoms with Gasteiger partial charge in [-0.2, -0.15) is 0 Å². The average Bonchev–Trinajstić information content (AvgIpc) is 3.00. The fraction of sp³-hybridized carbons (Fsp3) is 0.444. The molecule has 1 aromatic heterocycles. The summed E-state index contributed by atoms with van der Waals surface area (Å²) >= 11 is 1.59. The normalized spacial score (nSPS) is 20.9. The van der Waals surface area contributed by atoms with Crippen molar-refractivity contribution < 1.29 is 14.6 Å². The van der Waals surface area contributed by atoms with E-state index < -0.39 is 6.10 Å². The second-order valence-electron chi connectivity index (χ2n) is 6.26. The molecular formula is C18H22N2O3S. The molecule has 5 nitrogen and oxygen atoms in total. The van der Waals surface area contributed by atoms with Crippen LogP contribution in [0.4, 0.5) is 0 Å². The van der Waals surface area contributed by atoms with E-state index in [4.69, 9.17) is 4.74 Å². The third-order valence-corrected chi connectivity index (χ3v) is 5.16. The summed E-state index contributed by atoms with van der Waals surface area (Å²) in [5, 5.41) is 13.0. The van der Waals surface area contributed by atoms with Crippen molar-refractivity contribution in [1.29, 1.82) is 0 Å². The van der Waals surface area contributed by atoms with Gasteiger partial charge in [0.15, 0.2) is 0 Å². The Morgan fingerprint density at radius 2 is 2.33 bits per heavy atom. The molecule has 0 bridgehead atoms. The molecule has 1 amide bonds. The summed E-state index contributed by atoms with van der Waals surface area (Å²) in [4.78, 5) is 18.7. The summed E-state index contributed by atoms with van der Waals surface area (Å²) in [6.07, 6.45) is 0.377. The Balaban J connectivity index is 1.65. The van der Waals surface area contributed by atoms with Crippen LogP contribution in [0.15, 0.2) is 29.6 Å². The van der Waals surface area contributed by atoms with Gasteiger partial charge < -0.3 is 14.7 Å². The van der Waals surface area contributed by atoms with Gasteiger partial charge in [0.1, 0.15) is 12.4 Å². The minimum atomic E-state index is -0.449. The van der Waals surface area contributed by atoms with Crippen LogP contribution in [-0.4, -0.2) is 40.1 Å². The number of benzene rings is 1. The van der Waals surface area contributed by atoms with E-state index in [1.807, 2.05) is 31.4 Å². The van der Waals surface area contributed by atoms with E-state index in [1.54, 1.807) is 28.4 Å². The highest BCUT2D eigenvalue weighted by Gasteiger charge is 2.27. The number of carbonyl (C=O) groups excluding carboxylic acids is 1. The molecule has 6 heteroatoms. The molecule has 1 fully saturated rings. The van der Waals surface area contributed by atoms with Crippen LogP contribution < -0.4 is 4.74 Å². The van der Waals surface area contributed by atoms with Crippen molar-refractivity contribution in [3.63, 3.8) is 0 Å². The number of thiazole rings is 1. The highest BCUT2D eigenvalue weighted by molar-refractivity contribution is 7.09. The summed E-state index contributed by atoms with van der Waals surface area (Å²) in [7, 11) is 0. The number of piperidine rings is 1. The van der Waals surface area contributed by atoms with Gasteiger partial charge in [-0.25, -0.2) is 4.98 Å². The number of aromatic nitrogens is 1. The van der Waals surface area contributed by atoms with Crippen LogP contribution in [-0.2, 0) is 6.61 Å². The molecular weight excluding hydrogens is 324 g/mol. The quantitative estimate of drug-likeness (QED) is 0.925. The van der Waals surface area contributed by atoms with E-state index >= 15 is 0 Å². The Morgan fingerprint density at radius 3 is 3.04 bits per heavy atom. The zero-order chi connectivity index (χ0) is 17.1. The zero-order valence-corrected chi connectivity index (χ0v) is 14.8. The molecule has 24 heavy (non-hydrogen) atoms. The fourth-order valence-electron chi connectivity index (χ4n) is 2.77. The molecule has 0 saturated carbocycles. The molecule has 0 radical (unpaired) electrons. The van der Waals surface area contributed by atoms with Gasteiger partial charge in [-0.15, -0.1) is 11.3 Å². The highest BCUT2D eigenvalue weighted by atomic mass is 32.1. The van der Waals surface area contributed by atoms with Gasteiger partial charge in [0.25, 0.3) is 5.91 Å². The lowest BCUT2D eigenvalue weighted by Gasteiger charge is -2.34. The summed E-state index contributed by atoms with van der Waals surface area (Å²) in [5.74, 6) is 0.832. The van der Waals surface area contributed by atoms with Crippen LogP contribution in [0.2, 0.25) is 0 Å². The number of β-amino-alcohol motifs (C(OH)–C–C–N with tert-alkyl or cyclic N) is 1. The van der Waals surface area contributed by atoms with Crippen LogP contribution in [0.25, 0.3) is 0 Å². The molecule has 1 saturated heterocycles. The third kappa shape index (κ3) is 3.94. The predicted molar refractivity (Wildman–Crippen MR) is 93.3 cm³/mol. The van der Waals surface area contributed by atoms with Crippen molar-refractivity contribution in [2.75, 3.05) is 13.1 Å². The maximum Gasteiger partial charge on any atom is 0.254 e. The van der Waals surface area contributed by atoms with Crippen LogP contribution in [0.5, 0.6) is 5.75 Å². The molecule has 1 aromatic carbocycles. The molecule has 2 atom stereocenters. The number of hydrogen-bond acceptors (Lipinski definition) is 5. The van der Waals surface area contributed by atoms with Gasteiger partial charge in [0, 0.05) is 24.0 Å². The van der Waals surface area contributed by atoms with E-state index in [1.165, 1.54) is 0 Å². The Labute approximate surface area is 145 Å². The lowest BCUT2D eigenvalue weighted by atomic mass is 9.95. The van der Waals surface area contributed by atoms with Crippen LogP contribution in [0.3, 0.4) is 0 Å². The minimum absolute atomic E-state index is 0.0593. The molecule has 1 N–H and O–H groups in total. The lowest BCUT2D eigenvalue weighted by Crippen LogP contribution is -2.45. The molecule has 2 unspecified atom stereocenters. The fourth-order valence-corrected chi connectivity index (χ4v) is 3.36. The number of rotatable bonds is 4.